The van der Waals surface area contributed by atoms with Crippen LogP contribution in [0.15, 0.2) is 29.2 Å². The normalized spacial score (nSPS) is 18.9. The summed E-state index contributed by atoms with van der Waals surface area (Å²) in [5.41, 5.74) is -0.774. The molecule has 1 fully saturated rings. The van der Waals surface area contributed by atoms with Crippen LogP contribution in [0.5, 0.6) is 0 Å². The zero-order valence-corrected chi connectivity index (χ0v) is 13.9. The Labute approximate surface area is 131 Å². The monoisotopic (exact) mass is 332 g/mol. The van der Waals surface area contributed by atoms with E-state index >= 15 is 0 Å². The molecule has 5 nitrogen and oxygen atoms in total. The van der Waals surface area contributed by atoms with Crippen molar-refractivity contribution in [1.29, 1.82) is 0 Å². The van der Waals surface area contributed by atoms with E-state index in [2.05, 4.69) is 4.90 Å². The number of β-amino-alcohol motifs (C(OH)–C–C–N with tert-alkyl or cyclic N) is 1. The van der Waals surface area contributed by atoms with E-state index in [1.165, 1.54) is 10.4 Å². The number of benzene rings is 1. The second-order valence-electron chi connectivity index (χ2n) is 5.92. The van der Waals surface area contributed by atoms with Crippen molar-refractivity contribution in [2.75, 3.05) is 32.7 Å². The van der Waals surface area contributed by atoms with Crippen LogP contribution in [0.4, 0.5) is 0 Å². The molecule has 0 radical (unpaired) electrons. The maximum absolute atomic E-state index is 12.6. The quantitative estimate of drug-likeness (QED) is 0.906. The van der Waals surface area contributed by atoms with Gasteiger partial charge in [-0.15, -0.1) is 0 Å². The number of sulfonamides is 1. The fraction of sp³-hybridized carbons (Fsp3) is 0.571. The molecule has 0 saturated carbocycles. The third-order valence-electron chi connectivity index (χ3n) is 3.40. The van der Waals surface area contributed by atoms with Crippen molar-refractivity contribution >= 4 is 21.6 Å². The van der Waals surface area contributed by atoms with Crippen molar-refractivity contribution in [1.82, 2.24) is 9.21 Å². The minimum absolute atomic E-state index is 0.155. The maximum Gasteiger partial charge on any atom is 0.244 e. The minimum atomic E-state index is -3.55. The highest BCUT2D eigenvalue weighted by atomic mass is 35.5. The lowest BCUT2D eigenvalue weighted by molar-refractivity contribution is 0.0263. The van der Waals surface area contributed by atoms with Crippen LogP contribution in [0, 0.1) is 0 Å². The first-order chi connectivity index (χ1) is 9.70. The van der Waals surface area contributed by atoms with E-state index in [0.29, 0.717) is 32.7 Å². The van der Waals surface area contributed by atoms with Crippen LogP contribution < -0.4 is 0 Å². The lowest BCUT2D eigenvalue weighted by Crippen LogP contribution is -2.51. The average Bonchev–Trinajstić information content (AvgIpc) is 2.37. The highest BCUT2D eigenvalue weighted by Crippen LogP contribution is 2.25. The Kier molecular flexibility index (Phi) is 4.95. The first kappa shape index (κ1) is 16.7. The minimum Gasteiger partial charge on any atom is -0.389 e. The first-order valence-corrected chi connectivity index (χ1v) is 8.71. The van der Waals surface area contributed by atoms with Crippen LogP contribution in [0.2, 0.25) is 5.02 Å². The van der Waals surface area contributed by atoms with Gasteiger partial charge in [0.05, 0.1) is 10.6 Å². The number of hydrogen-bond donors (Lipinski definition) is 1. The van der Waals surface area contributed by atoms with Crippen LogP contribution in [0.25, 0.3) is 0 Å². The van der Waals surface area contributed by atoms with E-state index in [-0.39, 0.29) is 9.92 Å². The van der Waals surface area contributed by atoms with Gasteiger partial charge in [0.1, 0.15) is 4.90 Å². The van der Waals surface area contributed by atoms with Crippen LogP contribution in [0.3, 0.4) is 0 Å². The lowest BCUT2D eigenvalue weighted by atomic mass is 10.1. The number of rotatable bonds is 4. The van der Waals surface area contributed by atoms with Gasteiger partial charge in [0.15, 0.2) is 0 Å². The molecular formula is C14H21ClN2O3S. The predicted octanol–water partition coefficient (Wildman–Crippen LogP) is 1.42. The molecule has 0 amide bonds. The van der Waals surface area contributed by atoms with Gasteiger partial charge in [0.25, 0.3) is 0 Å². The molecule has 0 bridgehead atoms. The summed E-state index contributed by atoms with van der Waals surface area (Å²) < 4.78 is 26.6. The van der Waals surface area contributed by atoms with Gasteiger partial charge in [-0.25, -0.2) is 8.42 Å². The van der Waals surface area contributed by atoms with Crippen molar-refractivity contribution in [3.63, 3.8) is 0 Å². The summed E-state index contributed by atoms with van der Waals surface area (Å²) in [5, 5.41) is 10.1. The van der Waals surface area contributed by atoms with Crippen LogP contribution in [0.1, 0.15) is 13.8 Å². The van der Waals surface area contributed by atoms with E-state index < -0.39 is 15.6 Å². The van der Waals surface area contributed by atoms with Crippen molar-refractivity contribution in [3.8, 4) is 0 Å². The molecule has 1 aliphatic heterocycles. The number of halogens is 1. The third kappa shape index (κ3) is 4.17. The summed E-state index contributed by atoms with van der Waals surface area (Å²) in [6, 6.07) is 6.49. The van der Waals surface area contributed by atoms with Gasteiger partial charge in [0, 0.05) is 32.7 Å². The SMILES string of the molecule is CC(C)(O)CN1CCN(S(=O)(=O)c2ccccc2Cl)CC1. The molecule has 0 spiro atoms. The molecule has 1 saturated heterocycles. The van der Waals surface area contributed by atoms with Gasteiger partial charge < -0.3 is 5.11 Å². The molecule has 0 aliphatic carbocycles. The molecule has 2 rings (SSSR count). The maximum atomic E-state index is 12.6. The van der Waals surface area contributed by atoms with E-state index in [1.807, 2.05) is 0 Å². The van der Waals surface area contributed by atoms with Crippen molar-refractivity contribution in [2.24, 2.45) is 0 Å². The van der Waals surface area contributed by atoms with E-state index in [1.54, 1.807) is 32.0 Å². The molecule has 118 valence electrons. The summed E-state index contributed by atoms with van der Waals surface area (Å²) in [6.07, 6.45) is 0. The van der Waals surface area contributed by atoms with Crippen molar-refractivity contribution in [2.45, 2.75) is 24.3 Å². The lowest BCUT2D eigenvalue weighted by Gasteiger charge is -2.36. The molecule has 1 aliphatic rings. The zero-order valence-electron chi connectivity index (χ0n) is 12.3. The highest BCUT2D eigenvalue weighted by Gasteiger charge is 2.31. The highest BCUT2D eigenvalue weighted by molar-refractivity contribution is 7.89. The smallest absolute Gasteiger partial charge is 0.244 e. The third-order valence-corrected chi connectivity index (χ3v) is 5.79. The fourth-order valence-corrected chi connectivity index (χ4v) is 4.38. The molecule has 0 atom stereocenters. The average molecular weight is 333 g/mol. The van der Waals surface area contributed by atoms with Crippen LogP contribution in [-0.4, -0.2) is 61.1 Å². The molecular weight excluding hydrogens is 312 g/mol. The number of hydrogen-bond acceptors (Lipinski definition) is 4. The Morgan fingerprint density at radius 1 is 1.19 bits per heavy atom. The van der Waals surface area contributed by atoms with Gasteiger partial charge in [-0.1, -0.05) is 23.7 Å². The second kappa shape index (κ2) is 6.22. The molecule has 7 heteroatoms. The molecule has 1 aromatic rings. The summed E-state index contributed by atoms with van der Waals surface area (Å²) in [4.78, 5) is 2.22. The Balaban J connectivity index is 2.07. The van der Waals surface area contributed by atoms with Crippen molar-refractivity contribution < 1.29 is 13.5 Å². The number of aliphatic hydroxyl groups is 1. The second-order valence-corrected chi connectivity index (χ2v) is 8.24. The van der Waals surface area contributed by atoms with E-state index in [4.69, 9.17) is 11.6 Å². The largest absolute Gasteiger partial charge is 0.389 e. The number of piperazine rings is 1. The predicted molar refractivity (Wildman–Crippen MR) is 82.9 cm³/mol. The number of nitrogens with zero attached hydrogens (tertiary/aromatic N) is 2. The molecule has 21 heavy (non-hydrogen) atoms. The molecule has 0 unspecified atom stereocenters. The summed E-state index contributed by atoms with van der Waals surface area (Å²) >= 11 is 5.99. The Morgan fingerprint density at radius 2 is 1.76 bits per heavy atom. The van der Waals surface area contributed by atoms with Crippen LogP contribution >= 0.6 is 11.6 Å². The Morgan fingerprint density at radius 3 is 2.29 bits per heavy atom. The Hall–Kier alpha value is -0.660. The Bertz CT molecular complexity index is 590. The van der Waals surface area contributed by atoms with Gasteiger partial charge in [-0.2, -0.15) is 4.31 Å². The summed E-state index contributed by atoms with van der Waals surface area (Å²) in [7, 11) is -3.55. The van der Waals surface area contributed by atoms with Crippen molar-refractivity contribution in [3.05, 3.63) is 29.3 Å². The zero-order chi connectivity index (χ0) is 15.7. The molecule has 1 heterocycles. The van der Waals surface area contributed by atoms with Gasteiger partial charge in [-0.3, -0.25) is 4.90 Å². The first-order valence-electron chi connectivity index (χ1n) is 6.89. The molecule has 1 N–H and O–H groups in total. The van der Waals surface area contributed by atoms with Gasteiger partial charge in [0.2, 0.25) is 10.0 Å². The molecule has 1 aromatic carbocycles. The topological polar surface area (TPSA) is 60.9 Å². The summed E-state index contributed by atoms with van der Waals surface area (Å²) in [6.45, 7) is 6.06. The van der Waals surface area contributed by atoms with Gasteiger partial charge in [-0.05, 0) is 26.0 Å². The van der Waals surface area contributed by atoms with Crippen LogP contribution in [-0.2, 0) is 10.0 Å². The fourth-order valence-electron chi connectivity index (χ4n) is 2.47. The standard InChI is InChI=1S/C14H21ClN2O3S/c1-14(2,18)11-16-7-9-17(10-8-16)21(19,20)13-6-4-3-5-12(13)15/h3-6,18H,7-11H2,1-2H3. The summed E-state index contributed by atoms with van der Waals surface area (Å²) in [5.74, 6) is 0. The van der Waals surface area contributed by atoms with E-state index in [9.17, 15) is 13.5 Å². The van der Waals surface area contributed by atoms with Gasteiger partial charge >= 0.3 is 0 Å². The molecule has 0 aromatic heterocycles. The van der Waals surface area contributed by atoms with E-state index in [0.717, 1.165) is 0 Å².